The van der Waals surface area contributed by atoms with Crippen LogP contribution in [0.25, 0.3) is 11.1 Å². The van der Waals surface area contributed by atoms with Gasteiger partial charge in [-0.1, -0.05) is 36.4 Å². The fourth-order valence-corrected chi connectivity index (χ4v) is 2.65. The molecular weight excluding hydrogens is 401 g/mol. The molecule has 1 aromatic heterocycles. The first-order valence-electron chi connectivity index (χ1n) is 8.63. The van der Waals surface area contributed by atoms with Crippen molar-refractivity contribution in [1.82, 2.24) is 4.98 Å². The predicted molar refractivity (Wildman–Crippen MR) is 102 cm³/mol. The number of carboxylic acids is 1. The van der Waals surface area contributed by atoms with Crippen LogP contribution in [0.15, 0.2) is 66.9 Å². The van der Waals surface area contributed by atoms with Crippen molar-refractivity contribution < 1.29 is 32.6 Å². The van der Waals surface area contributed by atoms with Crippen molar-refractivity contribution in [2.75, 3.05) is 11.9 Å². The monoisotopic (exact) mass is 416 g/mol. The van der Waals surface area contributed by atoms with Gasteiger partial charge in [-0.15, -0.1) is 0 Å². The lowest BCUT2D eigenvalue weighted by molar-refractivity contribution is -0.139. The van der Waals surface area contributed by atoms with Gasteiger partial charge in [0.1, 0.15) is 0 Å². The number of rotatable bonds is 6. The van der Waals surface area contributed by atoms with Crippen LogP contribution >= 0.6 is 0 Å². The zero-order valence-corrected chi connectivity index (χ0v) is 15.3. The molecule has 0 radical (unpaired) electrons. The predicted octanol–water partition coefficient (Wildman–Crippen LogP) is 4.48. The molecule has 1 amide bonds. The number of benzene rings is 2. The molecule has 9 heteroatoms. The van der Waals surface area contributed by atoms with E-state index in [0.29, 0.717) is 11.1 Å². The fraction of sp³-hybridized carbons (Fsp3) is 0.0952. The van der Waals surface area contributed by atoms with Crippen molar-refractivity contribution in [3.05, 3.63) is 78.0 Å². The second-order valence-corrected chi connectivity index (χ2v) is 6.15. The first kappa shape index (κ1) is 20.8. The maximum Gasteiger partial charge on any atom is 0.416 e. The lowest BCUT2D eigenvalue weighted by Crippen LogP contribution is -2.16. The molecule has 0 unspecified atom stereocenters. The van der Waals surface area contributed by atoms with Crippen LogP contribution in [0.3, 0.4) is 0 Å². The van der Waals surface area contributed by atoms with Crippen molar-refractivity contribution in [3.8, 4) is 17.0 Å². The molecule has 1 heterocycles. The minimum Gasteiger partial charge on any atom is -0.479 e. The summed E-state index contributed by atoms with van der Waals surface area (Å²) in [5.41, 5.74) is 0.0478. The summed E-state index contributed by atoms with van der Waals surface area (Å²) in [6.07, 6.45) is -3.39. The average molecular weight is 416 g/mol. The molecule has 0 saturated heterocycles. The molecule has 0 spiro atoms. The van der Waals surface area contributed by atoms with Gasteiger partial charge >= 0.3 is 12.1 Å². The van der Waals surface area contributed by atoms with E-state index in [0.717, 1.165) is 12.1 Å². The Labute approximate surface area is 169 Å². The molecule has 0 saturated carbocycles. The van der Waals surface area contributed by atoms with Gasteiger partial charge in [0.2, 0.25) is 5.88 Å². The van der Waals surface area contributed by atoms with Gasteiger partial charge in [0.25, 0.3) is 5.91 Å². The van der Waals surface area contributed by atoms with E-state index in [9.17, 15) is 22.8 Å². The molecule has 0 fully saturated rings. The number of amides is 1. The Morgan fingerprint density at radius 3 is 2.37 bits per heavy atom. The number of carbonyl (C=O) groups is 2. The van der Waals surface area contributed by atoms with Crippen LogP contribution in [0.2, 0.25) is 0 Å². The van der Waals surface area contributed by atoms with Gasteiger partial charge in [0.15, 0.2) is 6.61 Å². The Morgan fingerprint density at radius 1 is 1.03 bits per heavy atom. The van der Waals surface area contributed by atoms with E-state index >= 15 is 0 Å². The number of alkyl halides is 3. The van der Waals surface area contributed by atoms with Gasteiger partial charge in [-0.2, -0.15) is 13.2 Å². The van der Waals surface area contributed by atoms with Gasteiger partial charge in [-0.3, -0.25) is 4.79 Å². The number of nitrogens with zero attached hydrogens (tertiary/aromatic N) is 1. The van der Waals surface area contributed by atoms with Gasteiger partial charge in [-0.05, 0) is 29.3 Å². The van der Waals surface area contributed by atoms with E-state index in [1.165, 1.54) is 24.4 Å². The van der Waals surface area contributed by atoms with Crippen molar-refractivity contribution >= 4 is 17.6 Å². The Bertz CT molecular complexity index is 1050. The van der Waals surface area contributed by atoms with E-state index in [2.05, 4.69) is 10.3 Å². The van der Waals surface area contributed by atoms with Crippen LogP contribution < -0.4 is 10.1 Å². The Morgan fingerprint density at radius 2 is 1.77 bits per heavy atom. The van der Waals surface area contributed by atoms with Gasteiger partial charge in [0.05, 0.1) is 17.4 Å². The number of ether oxygens (including phenoxy) is 1. The molecular formula is C21H15F3N2O4. The number of pyridine rings is 1. The molecule has 0 bridgehead atoms. The number of carboxylic acid groups (broad SMARTS) is 1. The number of halogens is 3. The summed E-state index contributed by atoms with van der Waals surface area (Å²) in [6.45, 7) is -0.580. The van der Waals surface area contributed by atoms with Crippen LogP contribution in [-0.2, 0) is 11.0 Å². The molecule has 3 rings (SSSR count). The summed E-state index contributed by atoms with van der Waals surface area (Å²) >= 11 is 0. The van der Waals surface area contributed by atoms with E-state index in [-0.39, 0.29) is 17.1 Å². The van der Waals surface area contributed by atoms with E-state index in [1.54, 1.807) is 30.3 Å². The van der Waals surface area contributed by atoms with Crippen molar-refractivity contribution in [2.45, 2.75) is 6.18 Å². The third kappa shape index (κ3) is 5.13. The third-order valence-corrected chi connectivity index (χ3v) is 4.01. The van der Waals surface area contributed by atoms with E-state index < -0.39 is 30.2 Å². The maximum atomic E-state index is 13.2. The molecule has 3 aromatic rings. The Kier molecular flexibility index (Phi) is 6.01. The summed E-state index contributed by atoms with van der Waals surface area (Å²) in [5.74, 6) is -1.90. The molecule has 154 valence electrons. The quantitative estimate of drug-likeness (QED) is 0.619. The largest absolute Gasteiger partial charge is 0.479 e. The van der Waals surface area contributed by atoms with Crippen LogP contribution in [-0.4, -0.2) is 28.6 Å². The molecule has 2 aromatic carbocycles. The standard InChI is InChI=1S/C21H15F3N2O4/c22-21(23,24)14-6-8-16(13-4-2-1-3-5-13)17(10-14)20(29)26-15-7-9-18(25-11-15)30-12-19(27)28/h1-11H,12H2,(H,26,29)(H,27,28). The van der Waals surface area contributed by atoms with Crippen LogP contribution in [0.5, 0.6) is 5.88 Å². The summed E-state index contributed by atoms with van der Waals surface area (Å²) in [7, 11) is 0. The second-order valence-electron chi connectivity index (χ2n) is 6.15. The lowest BCUT2D eigenvalue weighted by atomic mass is 9.96. The summed E-state index contributed by atoms with van der Waals surface area (Å²) in [4.78, 5) is 27.1. The lowest BCUT2D eigenvalue weighted by Gasteiger charge is -2.14. The number of aliphatic carboxylic acids is 1. The highest BCUT2D eigenvalue weighted by Crippen LogP contribution is 2.33. The van der Waals surface area contributed by atoms with Crippen LogP contribution in [0.1, 0.15) is 15.9 Å². The third-order valence-electron chi connectivity index (χ3n) is 4.01. The van der Waals surface area contributed by atoms with E-state index in [4.69, 9.17) is 9.84 Å². The fourth-order valence-electron chi connectivity index (χ4n) is 2.65. The van der Waals surface area contributed by atoms with Crippen LogP contribution in [0.4, 0.5) is 18.9 Å². The summed E-state index contributed by atoms with van der Waals surface area (Å²) < 4.78 is 44.4. The molecule has 0 aliphatic rings. The molecule has 30 heavy (non-hydrogen) atoms. The molecule has 2 N–H and O–H groups in total. The van der Waals surface area contributed by atoms with Crippen molar-refractivity contribution in [3.63, 3.8) is 0 Å². The first-order chi connectivity index (χ1) is 14.2. The number of nitrogens with one attached hydrogen (secondary N) is 1. The highest BCUT2D eigenvalue weighted by molar-refractivity contribution is 6.08. The normalized spacial score (nSPS) is 11.0. The number of carbonyl (C=O) groups excluding carboxylic acids is 1. The topological polar surface area (TPSA) is 88.5 Å². The van der Waals surface area contributed by atoms with E-state index in [1.807, 2.05) is 0 Å². The number of anilines is 1. The molecule has 0 atom stereocenters. The number of hydrogen-bond donors (Lipinski definition) is 2. The average Bonchev–Trinajstić information content (AvgIpc) is 2.72. The zero-order chi connectivity index (χ0) is 21.7. The highest BCUT2D eigenvalue weighted by atomic mass is 19.4. The summed E-state index contributed by atoms with van der Waals surface area (Å²) in [6, 6.07) is 14.3. The summed E-state index contributed by atoms with van der Waals surface area (Å²) in [5, 5.41) is 11.1. The van der Waals surface area contributed by atoms with Crippen molar-refractivity contribution in [1.29, 1.82) is 0 Å². The van der Waals surface area contributed by atoms with Crippen molar-refractivity contribution in [2.24, 2.45) is 0 Å². The zero-order valence-electron chi connectivity index (χ0n) is 15.3. The highest BCUT2D eigenvalue weighted by Gasteiger charge is 2.32. The maximum absolute atomic E-state index is 13.2. The Balaban J connectivity index is 1.89. The molecule has 0 aliphatic heterocycles. The minimum atomic E-state index is -4.60. The number of aromatic nitrogens is 1. The Hall–Kier alpha value is -3.88. The van der Waals surface area contributed by atoms with Gasteiger partial charge in [-0.25, -0.2) is 9.78 Å². The van der Waals surface area contributed by atoms with Gasteiger partial charge < -0.3 is 15.2 Å². The smallest absolute Gasteiger partial charge is 0.416 e. The van der Waals surface area contributed by atoms with Crippen LogP contribution in [0, 0.1) is 0 Å². The first-order valence-corrected chi connectivity index (χ1v) is 8.63. The SMILES string of the molecule is O=C(O)COc1ccc(NC(=O)c2cc(C(F)(F)F)ccc2-c2ccccc2)cn1. The molecule has 0 aliphatic carbocycles. The second kappa shape index (κ2) is 8.64. The van der Waals surface area contributed by atoms with Gasteiger partial charge in [0, 0.05) is 11.6 Å². The molecule has 6 nitrogen and oxygen atoms in total. The number of hydrogen-bond acceptors (Lipinski definition) is 4. The minimum absolute atomic E-state index is 0.0273.